The molecular formula is C21H35N. The molecule has 1 aromatic carbocycles. The number of hydrogen-bond donors (Lipinski definition) is 1. The zero-order chi connectivity index (χ0) is 17.0. The Morgan fingerprint density at radius 3 is 2.05 bits per heavy atom. The molecule has 0 bridgehead atoms. The molecule has 1 rings (SSSR count). The van der Waals surface area contributed by atoms with Crippen LogP contribution in [0.1, 0.15) is 66.4 Å². The fourth-order valence-corrected chi connectivity index (χ4v) is 4.30. The average Bonchev–Trinajstić information content (AvgIpc) is 2.42. The second-order valence-corrected chi connectivity index (χ2v) is 8.25. The summed E-state index contributed by atoms with van der Waals surface area (Å²) in [7, 11) is 0. The Morgan fingerprint density at radius 1 is 1.09 bits per heavy atom. The quantitative estimate of drug-likeness (QED) is 0.612. The van der Waals surface area contributed by atoms with Crippen LogP contribution in [0.2, 0.25) is 0 Å². The first-order chi connectivity index (χ1) is 10.1. The van der Waals surface area contributed by atoms with Gasteiger partial charge in [0.2, 0.25) is 0 Å². The molecule has 0 amide bonds. The van der Waals surface area contributed by atoms with E-state index in [1.54, 1.807) is 0 Å². The Labute approximate surface area is 138 Å². The molecule has 0 saturated carbocycles. The van der Waals surface area contributed by atoms with Crippen molar-refractivity contribution in [2.75, 3.05) is 0 Å². The molecule has 0 aromatic heterocycles. The van der Waals surface area contributed by atoms with Crippen LogP contribution in [0.15, 0.2) is 43.0 Å². The number of nitrogens with two attached hydrogens (primary N) is 1. The molecule has 0 fully saturated rings. The zero-order valence-electron chi connectivity index (χ0n) is 15.4. The molecule has 2 atom stereocenters. The van der Waals surface area contributed by atoms with E-state index >= 15 is 0 Å². The lowest BCUT2D eigenvalue weighted by atomic mass is 9.53. The molecule has 0 spiro atoms. The van der Waals surface area contributed by atoms with Gasteiger partial charge in [0.1, 0.15) is 0 Å². The Morgan fingerprint density at radius 2 is 1.64 bits per heavy atom. The summed E-state index contributed by atoms with van der Waals surface area (Å²) in [5.41, 5.74) is 7.79. The molecule has 2 N–H and O–H groups in total. The summed E-state index contributed by atoms with van der Waals surface area (Å²) in [6.07, 6.45) is 5.24. The second-order valence-electron chi connectivity index (χ2n) is 8.25. The summed E-state index contributed by atoms with van der Waals surface area (Å²) in [6, 6.07) is 10.9. The van der Waals surface area contributed by atoms with Crippen LogP contribution in [0, 0.1) is 11.3 Å². The van der Waals surface area contributed by atoms with Gasteiger partial charge >= 0.3 is 0 Å². The lowest BCUT2D eigenvalue weighted by Crippen LogP contribution is -2.50. The Kier molecular flexibility index (Phi) is 6.03. The van der Waals surface area contributed by atoms with Crippen molar-refractivity contribution in [3.63, 3.8) is 0 Å². The van der Waals surface area contributed by atoms with Gasteiger partial charge in [0.15, 0.2) is 0 Å². The third-order valence-corrected chi connectivity index (χ3v) is 5.44. The number of hydrogen-bond acceptors (Lipinski definition) is 1. The van der Waals surface area contributed by atoms with Crippen molar-refractivity contribution >= 4 is 0 Å². The van der Waals surface area contributed by atoms with Gasteiger partial charge in [0.25, 0.3) is 0 Å². The highest BCUT2D eigenvalue weighted by Gasteiger charge is 2.48. The number of rotatable bonds is 8. The fourth-order valence-electron chi connectivity index (χ4n) is 4.30. The SMILES string of the molecule is C=CCC(CC)C(C)(c1ccccc1)C(C)(C)CC(C)(C)N. The summed E-state index contributed by atoms with van der Waals surface area (Å²) in [4.78, 5) is 0. The lowest BCUT2D eigenvalue weighted by Gasteiger charge is -2.52. The van der Waals surface area contributed by atoms with E-state index in [2.05, 4.69) is 84.5 Å². The number of allylic oxidation sites excluding steroid dienone is 1. The van der Waals surface area contributed by atoms with Gasteiger partial charge in [-0.15, -0.1) is 6.58 Å². The molecule has 124 valence electrons. The molecule has 1 heteroatoms. The minimum absolute atomic E-state index is 0.0633. The molecule has 0 saturated heterocycles. The molecule has 1 nitrogen and oxygen atoms in total. The van der Waals surface area contributed by atoms with Gasteiger partial charge in [0.05, 0.1) is 0 Å². The zero-order valence-corrected chi connectivity index (χ0v) is 15.4. The van der Waals surface area contributed by atoms with Crippen LogP contribution < -0.4 is 5.73 Å². The Bertz CT molecular complexity index is 466. The lowest BCUT2D eigenvalue weighted by molar-refractivity contribution is 0.0718. The smallest absolute Gasteiger partial charge is 0.0102 e. The van der Waals surface area contributed by atoms with Crippen molar-refractivity contribution in [2.24, 2.45) is 17.1 Å². The maximum atomic E-state index is 6.39. The first-order valence-electron chi connectivity index (χ1n) is 8.54. The van der Waals surface area contributed by atoms with Gasteiger partial charge in [0, 0.05) is 11.0 Å². The monoisotopic (exact) mass is 301 g/mol. The van der Waals surface area contributed by atoms with Crippen LogP contribution in [0.4, 0.5) is 0 Å². The highest BCUT2D eigenvalue weighted by Crippen LogP contribution is 2.52. The minimum atomic E-state index is -0.175. The topological polar surface area (TPSA) is 26.0 Å². The molecule has 2 unspecified atom stereocenters. The van der Waals surface area contributed by atoms with E-state index in [-0.39, 0.29) is 16.4 Å². The van der Waals surface area contributed by atoms with E-state index in [0.29, 0.717) is 5.92 Å². The van der Waals surface area contributed by atoms with E-state index in [1.807, 2.05) is 0 Å². The third-order valence-electron chi connectivity index (χ3n) is 5.44. The Balaban J connectivity index is 3.42. The third kappa shape index (κ3) is 4.01. The van der Waals surface area contributed by atoms with Crippen LogP contribution in [0.25, 0.3) is 0 Å². The van der Waals surface area contributed by atoms with Gasteiger partial charge in [-0.25, -0.2) is 0 Å². The van der Waals surface area contributed by atoms with E-state index in [9.17, 15) is 0 Å². The largest absolute Gasteiger partial charge is 0.326 e. The van der Waals surface area contributed by atoms with Gasteiger partial charge in [-0.1, -0.05) is 70.5 Å². The van der Waals surface area contributed by atoms with Crippen LogP contribution in [0.3, 0.4) is 0 Å². The summed E-state index contributed by atoms with van der Waals surface area (Å²) >= 11 is 0. The van der Waals surface area contributed by atoms with E-state index in [4.69, 9.17) is 5.73 Å². The molecule has 0 aliphatic heterocycles. The minimum Gasteiger partial charge on any atom is -0.326 e. The van der Waals surface area contributed by atoms with E-state index < -0.39 is 0 Å². The first-order valence-corrected chi connectivity index (χ1v) is 8.54. The van der Waals surface area contributed by atoms with Crippen LogP contribution in [0.5, 0.6) is 0 Å². The van der Waals surface area contributed by atoms with Gasteiger partial charge < -0.3 is 5.73 Å². The van der Waals surface area contributed by atoms with Crippen molar-refractivity contribution in [2.45, 2.75) is 71.8 Å². The van der Waals surface area contributed by atoms with Gasteiger partial charge in [-0.2, -0.15) is 0 Å². The average molecular weight is 302 g/mol. The summed E-state index contributed by atoms with van der Waals surface area (Å²) in [6.45, 7) is 17.7. The van der Waals surface area contributed by atoms with Crippen molar-refractivity contribution in [1.82, 2.24) is 0 Å². The van der Waals surface area contributed by atoms with Crippen LogP contribution in [-0.4, -0.2) is 5.54 Å². The molecule has 22 heavy (non-hydrogen) atoms. The second kappa shape index (κ2) is 7.00. The first kappa shape index (κ1) is 19.0. The summed E-state index contributed by atoms with van der Waals surface area (Å²) < 4.78 is 0. The van der Waals surface area contributed by atoms with Crippen molar-refractivity contribution < 1.29 is 0 Å². The molecule has 0 radical (unpaired) electrons. The Hall–Kier alpha value is -1.08. The highest BCUT2D eigenvalue weighted by molar-refractivity contribution is 5.29. The van der Waals surface area contributed by atoms with Gasteiger partial charge in [-0.3, -0.25) is 0 Å². The van der Waals surface area contributed by atoms with Crippen molar-refractivity contribution in [3.05, 3.63) is 48.6 Å². The van der Waals surface area contributed by atoms with Crippen LogP contribution >= 0.6 is 0 Å². The summed E-state index contributed by atoms with van der Waals surface area (Å²) in [5, 5.41) is 0. The highest BCUT2D eigenvalue weighted by atomic mass is 14.7. The van der Waals surface area contributed by atoms with Crippen LogP contribution in [-0.2, 0) is 5.41 Å². The van der Waals surface area contributed by atoms with E-state index in [1.165, 1.54) is 5.56 Å². The molecule has 1 aromatic rings. The summed E-state index contributed by atoms with van der Waals surface area (Å²) in [5.74, 6) is 0.560. The van der Waals surface area contributed by atoms with Crippen molar-refractivity contribution in [3.8, 4) is 0 Å². The predicted molar refractivity (Wildman–Crippen MR) is 99.1 cm³/mol. The maximum Gasteiger partial charge on any atom is 0.0102 e. The number of benzene rings is 1. The predicted octanol–water partition coefficient (Wildman–Crippen LogP) is 5.70. The maximum absolute atomic E-state index is 6.39. The van der Waals surface area contributed by atoms with Gasteiger partial charge in [-0.05, 0) is 43.6 Å². The van der Waals surface area contributed by atoms with Crippen molar-refractivity contribution in [1.29, 1.82) is 0 Å². The molecule has 0 heterocycles. The van der Waals surface area contributed by atoms with E-state index in [0.717, 1.165) is 19.3 Å². The molecule has 0 aliphatic rings. The molecular weight excluding hydrogens is 266 g/mol. The molecule has 0 aliphatic carbocycles. The normalized spacial score (nSPS) is 16.9. The standard InChI is InChI=1S/C21H35N/c1-8-13-17(9-2)21(7,18-14-11-10-12-15-18)19(3,4)16-20(5,6)22/h8,10-12,14-15,17H,1,9,13,16,22H2,2-7H3. The fraction of sp³-hybridized carbons (Fsp3) is 0.619.